The highest BCUT2D eigenvalue weighted by molar-refractivity contribution is 7.09. The van der Waals surface area contributed by atoms with Crippen molar-refractivity contribution in [2.24, 2.45) is 0 Å². The average molecular weight is 421 g/mol. The number of aryl methyl sites for hydroxylation is 2. The van der Waals surface area contributed by atoms with Gasteiger partial charge in [0.05, 0.1) is 36.9 Å². The number of rotatable bonds is 7. The fourth-order valence-corrected chi connectivity index (χ4v) is 4.13. The van der Waals surface area contributed by atoms with Crippen LogP contribution < -0.4 is 5.56 Å². The van der Waals surface area contributed by atoms with Crippen LogP contribution >= 0.6 is 11.3 Å². The SMILES string of the molecule is Cc1ccc(C)c(-c2nn(C[C@@H](O)COCc3cccs3)c(=O)c3ccccc23)c1. The van der Waals surface area contributed by atoms with Crippen molar-refractivity contribution >= 4 is 22.1 Å². The van der Waals surface area contributed by atoms with E-state index in [0.29, 0.717) is 12.0 Å². The molecule has 1 atom stereocenters. The molecule has 0 aliphatic rings. The molecule has 2 aromatic carbocycles. The minimum atomic E-state index is -0.831. The van der Waals surface area contributed by atoms with Crippen molar-refractivity contribution in [3.05, 3.63) is 86.3 Å². The molecule has 0 aliphatic heterocycles. The molecule has 4 aromatic rings. The third-order valence-electron chi connectivity index (χ3n) is 5.03. The van der Waals surface area contributed by atoms with Crippen molar-refractivity contribution in [2.45, 2.75) is 33.1 Å². The van der Waals surface area contributed by atoms with Crippen molar-refractivity contribution < 1.29 is 9.84 Å². The smallest absolute Gasteiger partial charge is 0.274 e. The second-order valence-electron chi connectivity index (χ2n) is 7.45. The Balaban J connectivity index is 1.65. The van der Waals surface area contributed by atoms with Gasteiger partial charge in [0, 0.05) is 15.8 Å². The molecule has 2 heterocycles. The first kappa shape index (κ1) is 20.5. The minimum absolute atomic E-state index is 0.0754. The highest BCUT2D eigenvalue weighted by atomic mass is 32.1. The lowest BCUT2D eigenvalue weighted by Gasteiger charge is -2.16. The van der Waals surface area contributed by atoms with Gasteiger partial charge in [-0.3, -0.25) is 4.79 Å². The Morgan fingerprint density at radius 3 is 2.67 bits per heavy atom. The summed E-state index contributed by atoms with van der Waals surface area (Å²) in [5.41, 5.74) is 3.74. The molecule has 0 amide bonds. The summed E-state index contributed by atoms with van der Waals surface area (Å²) >= 11 is 1.61. The van der Waals surface area contributed by atoms with Gasteiger partial charge < -0.3 is 9.84 Å². The van der Waals surface area contributed by atoms with E-state index in [0.717, 1.165) is 32.6 Å². The van der Waals surface area contributed by atoms with Gasteiger partial charge >= 0.3 is 0 Å². The van der Waals surface area contributed by atoms with E-state index in [1.54, 1.807) is 11.3 Å². The number of thiophene rings is 1. The number of aliphatic hydroxyl groups excluding tert-OH is 1. The van der Waals surface area contributed by atoms with Gasteiger partial charge in [0.25, 0.3) is 5.56 Å². The molecule has 4 rings (SSSR count). The summed E-state index contributed by atoms with van der Waals surface area (Å²) in [6, 6.07) is 17.7. The maximum Gasteiger partial charge on any atom is 0.274 e. The first-order valence-electron chi connectivity index (χ1n) is 9.88. The number of ether oxygens (including phenoxy) is 1. The highest BCUT2D eigenvalue weighted by Crippen LogP contribution is 2.28. The Morgan fingerprint density at radius 2 is 1.90 bits per heavy atom. The van der Waals surface area contributed by atoms with Crippen LogP contribution in [0.1, 0.15) is 16.0 Å². The highest BCUT2D eigenvalue weighted by Gasteiger charge is 2.16. The Bertz CT molecular complexity index is 1220. The summed E-state index contributed by atoms with van der Waals surface area (Å²) in [4.78, 5) is 14.1. The maximum absolute atomic E-state index is 13.0. The van der Waals surface area contributed by atoms with E-state index in [9.17, 15) is 9.90 Å². The Hall–Kier alpha value is -2.80. The van der Waals surface area contributed by atoms with Crippen LogP contribution in [0, 0.1) is 13.8 Å². The van der Waals surface area contributed by atoms with Crippen LogP contribution in [0.2, 0.25) is 0 Å². The summed E-state index contributed by atoms with van der Waals surface area (Å²) in [7, 11) is 0. The summed E-state index contributed by atoms with van der Waals surface area (Å²) in [6.07, 6.45) is -0.831. The van der Waals surface area contributed by atoms with E-state index in [2.05, 4.69) is 23.3 Å². The van der Waals surface area contributed by atoms with Crippen molar-refractivity contribution in [1.82, 2.24) is 9.78 Å². The summed E-state index contributed by atoms with van der Waals surface area (Å²) < 4.78 is 6.97. The molecule has 0 fully saturated rings. The third-order valence-corrected chi connectivity index (χ3v) is 5.88. The Labute approximate surface area is 179 Å². The number of hydrogen-bond donors (Lipinski definition) is 1. The first-order valence-corrected chi connectivity index (χ1v) is 10.8. The molecular weight excluding hydrogens is 396 g/mol. The number of nitrogens with zero attached hydrogens (tertiary/aromatic N) is 2. The summed E-state index contributed by atoms with van der Waals surface area (Å²) in [6.45, 7) is 4.73. The second kappa shape index (κ2) is 8.92. The molecule has 0 radical (unpaired) electrons. The Morgan fingerprint density at radius 1 is 1.10 bits per heavy atom. The lowest BCUT2D eigenvalue weighted by molar-refractivity contribution is 0.0190. The maximum atomic E-state index is 13.0. The van der Waals surface area contributed by atoms with Gasteiger partial charge in [0.2, 0.25) is 0 Å². The largest absolute Gasteiger partial charge is 0.389 e. The monoisotopic (exact) mass is 420 g/mol. The van der Waals surface area contributed by atoms with E-state index < -0.39 is 6.10 Å². The lowest BCUT2D eigenvalue weighted by atomic mass is 9.99. The zero-order chi connectivity index (χ0) is 21.1. The van der Waals surface area contributed by atoms with Gasteiger partial charge in [-0.25, -0.2) is 4.68 Å². The van der Waals surface area contributed by atoms with Gasteiger partial charge in [-0.05, 0) is 43.0 Å². The lowest BCUT2D eigenvalue weighted by Crippen LogP contribution is -2.31. The molecule has 1 N–H and O–H groups in total. The zero-order valence-corrected chi connectivity index (χ0v) is 17.9. The van der Waals surface area contributed by atoms with E-state index in [-0.39, 0.29) is 18.7 Å². The van der Waals surface area contributed by atoms with Gasteiger partial charge in [0.15, 0.2) is 0 Å². The quantitative estimate of drug-likeness (QED) is 0.484. The normalized spacial score (nSPS) is 12.4. The number of fused-ring (bicyclic) bond motifs is 1. The van der Waals surface area contributed by atoms with E-state index in [1.807, 2.05) is 55.6 Å². The van der Waals surface area contributed by atoms with Crippen LogP contribution in [0.15, 0.2) is 64.8 Å². The molecule has 154 valence electrons. The summed E-state index contributed by atoms with van der Waals surface area (Å²) in [5.74, 6) is 0. The summed E-state index contributed by atoms with van der Waals surface area (Å²) in [5, 5.41) is 18.5. The fraction of sp³-hybridized carbons (Fsp3) is 0.250. The zero-order valence-electron chi connectivity index (χ0n) is 17.0. The molecule has 0 unspecified atom stereocenters. The molecule has 0 saturated heterocycles. The van der Waals surface area contributed by atoms with Crippen LogP contribution in [0.5, 0.6) is 0 Å². The van der Waals surface area contributed by atoms with Gasteiger partial charge in [-0.1, -0.05) is 42.0 Å². The third kappa shape index (κ3) is 4.36. The molecule has 0 aliphatic carbocycles. The Kier molecular flexibility index (Phi) is 6.08. The van der Waals surface area contributed by atoms with Crippen molar-refractivity contribution in [3.63, 3.8) is 0 Å². The van der Waals surface area contributed by atoms with Crippen LogP contribution in [-0.2, 0) is 17.9 Å². The predicted octanol–water partition coefficient (Wildman–Crippen LogP) is 4.32. The number of aliphatic hydroxyl groups is 1. The number of hydrogen-bond acceptors (Lipinski definition) is 5. The van der Waals surface area contributed by atoms with Gasteiger partial charge in [-0.2, -0.15) is 5.10 Å². The van der Waals surface area contributed by atoms with Crippen LogP contribution in [-0.4, -0.2) is 27.6 Å². The van der Waals surface area contributed by atoms with E-state index in [1.165, 1.54) is 4.68 Å². The molecule has 30 heavy (non-hydrogen) atoms. The van der Waals surface area contributed by atoms with Gasteiger partial charge in [0.1, 0.15) is 0 Å². The molecule has 6 heteroatoms. The molecular formula is C24H24N2O3S. The van der Waals surface area contributed by atoms with Crippen molar-refractivity contribution in [2.75, 3.05) is 6.61 Å². The predicted molar refractivity (Wildman–Crippen MR) is 121 cm³/mol. The van der Waals surface area contributed by atoms with E-state index in [4.69, 9.17) is 4.74 Å². The molecule has 0 bridgehead atoms. The van der Waals surface area contributed by atoms with Crippen molar-refractivity contribution in [3.8, 4) is 11.3 Å². The topological polar surface area (TPSA) is 64.3 Å². The van der Waals surface area contributed by atoms with Crippen LogP contribution in [0.4, 0.5) is 0 Å². The molecule has 0 spiro atoms. The van der Waals surface area contributed by atoms with Crippen LogP contribution in [0.3, 0.4) is 0 Å². The average Bonchev–Trinajstić information content (AvgIpc) is 3.26. The van der Waals surface area contributed by atoms with Crippen LogP contribution in [0.25, 0.3) is 22.0 Å². The second-order valence-corrected chi connectivity index (χ2v) is 8.48. The number of benzene rings is 2. The number of aromatic nitrogens is 2. The first-order chi connectivity index (χ1) is 14.5. The molecule has 5 nitrogen and oxygen atoms in total. The van der Waals surface area contributed by atoms with E-state index >= 15 is 0 Å². The standard InChI is InChI=1S/C24H24N2O3S/c1-16-9-10-17(2)22(12-16)23-20-7-3-4-8-21(20)24(28)26(25-23)13-18(27)14-29-15-19-6-5-11-30-19/h3-12,18,27H,13-15H2,1-2H3/t18-/m1/s1. The minimum Gasteiger partial charge on any atom is -0.389 e. The molecule has 2 aromatic heterocycles. The van der Waals surface area contributed by atoms with Crippen molar-refractivity contribution in [1.29, 1.82) is 0 Å². The molecule has 0 saturated carbocycles. The van der Waals surface area contributed by atoms with Gasteiger partial charge in [-0.15, -0.1) is 11.3 Å². The fourth-order valence-electron chi connectivity index (χ4n) is 3.49.